The molecule has 1 aliphatic rings. The molecule has 4 nitrogen and oxygen atoms in total. The number of benzene rings is 2. The van der Waals surface area contributed by atoms with E-state index in [9.17, 15) is 18.0 Å². The van der Waals surface area contributed by atoms with Crippen molar-refractivity contribution in [1.29, 1.82) is 0 Å². The summed E-state index contributed by atoms with van der Waals surface area (Å²) in [6.07, 6.45) is -1.15. The van der Waals surface area contributed by atoms with E-state index in [1.54, 1.807) is 42.6 Å². The summed E-state index contributed by atoms with van der Waals surface area (Å²) in [6.45, 7) is 0. The Bertz CT molecular complexity index is 1080. The van der Waals surface area contributed by atoms with E-state index >= 15 is 0 Å². The molecule has 1 amide bonds. The van der Waals surface area contributed by atoms with E-state index in [4.69, 9.17) is 0 Å². The van der Waals surface area contributed by atoms with Gasteiger partial charge in [-0.3, -0.25) is 14.8 Å². The summed E-state index contributed by atoms with van der Waals surface area (Å²) in [5.41, 5.74) is 1.54. The average Bonchev–Trinajstić information content (AvgIpc) is 3.12. The molecule has 0 saturated heterocycles. The van der Waals surface area contributed by atoms with Gasteiger partial charge in [0.15, 0.2) is 0 Å². The standard InChI is InChI=1S/C21H14F3N3O/c22-21(23,24)17-9-2-1-7-15(17)18-11-13-5-3-8-16(19(13)27-18)20(28)26-14-6-4-10-25-12-14/h1-10,12H,11H2,(H,26,28). The molecular weight excluding hydrogens is 367 g/mol. The predicted octanol–water partition coefficient (Wildman–Crippen LogP) is 5.03. The van der Waals surface area contributed by atoms with Gasteiger partial charge in [0.1, 0.15) is 0 Å². The molecule has 0 spiro atoms. The van der Waals surface area contributed by atoms with Crippen molar-refractivity contribution in [2.45, 2.75) is 12.6 Å². The molecule has 140 valence electrons. The zero-order chi connectivity index (χ0) is 19.7. The van der Waals surface area contributed by atoms with Gasteiger partial charge in [0.2, 0.25) is 0 Å². The van der Waals surface area contributed by atoms with Gasteiger partial charge in [-0.15, -0.1) is 0 Å². The van der Waals surface area contributed by atoms with E-state index in [0.717, 1.165) is 6.07 Å². The van der Waals surface area contributed by atoms with Crippen LogP contribution in [-0.2, 0) is 12.6 Å². The number of para-hydroxylation sites is 1. The molecule has 0 unspecified atom stereocenters. The highest BCUT2D eigenvalue weighted by molar-refractivity contribution is 6.13. The molecule has 1 aliphatic heterocycles. The van der Waals surface area contributed by atoms with Gasteiger partial charge < -0.3 is 5.32 Å². The third-order valence-electron chi connectivity index (χ3n) is 4.43. The fourth-order valence-electron chi connectivity index (χ4n) is 3.18. The molecule has 2 aromatic carbocycles. The van der Waals surface area contributed by atoms with Crippen molar-refractivity contribution in [2.24, 2.45) is 4.99 Å². The van der Waals surface area contributed by atoms with Crippen LogP contribution in [0.5, 0.6) is 0 Å². The maximum Gasteiger partial charge on any atom is 0.417 e. The first kappa shape index (κ1) is 17.9. The van der Waals surface area contributed by atoms with Crippen molar-refractivity contribution < 1.29 is 18.0 Å². The van der Waals surface area contributed by atoms with Crippen LogP contribution >= 0.6 is 0 Å². The summed E-state index contributed by atoms with van der Waals surface area (Å²) >= 11 is 0. The molecule has 28 heavy (non-hydrogen) atoms. The normalized spacial score (nSPS) is 13.0. The Kier molecular flexibility index (Phi) is 4.43. The first-order valence-corrected chi connectivity index (χ1v) is 8.51. The number of hydrogen-bond acceptors (Lipinski definition) is 3. The van der Waals surface area contributed by atoms with Crippen LogP contribution in [0.4, 0.5) is 24.5 Å². The zero-order valence-electron chi connectivity index (χ0n) is 14.5. The van der Waals surface area contributed by atoms with E-state index in [2.05, 4.69) is 15.3 Å². The topological polar surface area (TPSA) is 54.4 Å². The molecule has 0 atom stereocenters. The second-order valence-electron chi connectivity index (χ2n) is 6.29. The summed E-state index contributed by atoms with van der Waals surface area (Å²) in [6, 6.07) is 13.8. The Hall–Kier alpha value is -3.48. The Morgan fingerprint density at radius 3 is 2.57 bits per heavy atom. The Balaban J connectivity index is 1.71. The number of rotatable bonds is 3. The fourth-order valence-corrected chi connectivity index (χ4v) is 3.18. The molecule has 0 aliphatic carbocycles. The Morgan fingerprint density at radius 1 is 1.00 bits per heavy atom. The number of nitrogens with one attached hydrogen (secondary N) is 1. The number of halogens is 3. The van der Waals surface area contributed by atoms with Gasteiger partial charge >= 0.3 is 6.18 Å². The zero-order valence-corrected chi connectivity index (χ0v) is 14.5. The molecule has 0 saturated carbocycles. The van der Waals surface area contributed by atoms with E-state index in [0.29, 0.717) is 28.2 Å². The van der Waals surface area contributed by atoms with Crippen LogP contribution in [0.15, 0.2) is 72.0 Å². The largest absolute Gasteiger partial charge is 0.417 e. The fraction of sp³-hybridized carbons (Fsp3) is 0.0952. The highest BCUT2D eigenvalue weighted by atomic mass is 19.4. The van der Waals surface area contributed by atoms with Crippen LogP contribution in [-0.4, -0.2) is 16.6 Å². The molecule has 0 bridgehead atoms. The number of aliphatic imine (C=N–C) groups is 1. The first-order valence-electron chi connectivity index (χ1n) is 8.51. The lowest BCUT2D eigenvalue weighted by molar-refractivity contribution is -0.137. The highest BCUT2D eigenvalue weighted by Gasteiger charge is 2.35. The molecule has 7 heteroatoms. The maximum atomic E-state index is 13.4. The number of hydrogen-bond donors (Lipinski definition) is 1. The Labute approximate surface area is 158 Å². The third-order valence-corrected chi connectivity index (χ3v) is 4.43. The lowest BCUT2D eigenvalue weighted by atomic mass is 9.98. The molecule has 4 rings (SSSR count). The molecule has 1 N–H and O–H groups in total. The first-order chi connectivity index (χ1) is 13.4. The van der Waals surface area contributed by atoms with Gasteiger partial charge in [-0.2, -0.15) is 13.2 Å². The van der Waals surface area contributed by atoms with E-state index in [1.807, 2.05) is 0 Å². The lowest BCUT2D eigenvalue weighted by Crippen LogP contribution is -2.13. The van der Waals surface area contributed by atoms with Crippen LogP contribution in [0.3, 0.4) is 0 Å². The number of anilines is 1. The van der Waals surface area contributed by atoms with Crippen LogP contribution in [0, 0.1) is 0 Å². The lowest BCUT2D eigenvalue weighted by Gasteiger charge is -2.12. The second-order valence-corrected chi connectivity index (χ2v) is 6.29. The van der Waals surface area contributed by atoms with Crippen molar-refractivity contribution in [3.63, 3.8) is 0 Å². The van der Waals surface area contributed by atoms with Crippen molar-refractivity contribution in [3.05, 3.63) is 89.2 Å². The predicted molar refractivity (Wildman–Crippen MR) is 100.0 cm³/mol. The smallest absolute Gasteiger partial charge is 0.321 e. The van der Waals surface area contributed by atoms with Crippen LogP contribution < -0.4 is 5.32 Å². The van der Waals surface area contributed by atoms with Gasteiger partial charge in [0.05, 0.1) is 34.4 Å². The van der Waals surface area contributed by atoms with Gasteiger partial charge in [-0.05, 0) is 29.8 Å². The summed E-state index contributed by atoms with van der Waals surface area (Å²) < 4.78 is 40.1. The number of carbonyl (C=O) groups excluding carboxylic acids is 1. The van der Waals surface area contributed by atoms with Gasteiger partial charge in [0, 0.05) is 18.2 Å². The van der Waals surface area contributed by atoms with E-state index < -0.39 is 11.7 Å². The molecule has 0 fully saturated rings. The number of aromatic nitrogens is 1. The molecular formula is C21H14F3N3O. The van der Waals surface area contributed by atoms with Crippen LogP contribution in [0.25, 0.3) is 0 Å². The van der Waals surface area contributed by atoms with Crippen LogP contribution in [0.1, 0.15) is 27.0 Å². The monoisotopic (exact) mass is 381 g/mol. The van der Waals surface area contributed by atoms with Crippen molar-refractivity contribution in [1.82, 2.24) is 4.98 Å². The second kappa shape index (κ2) is 6.92. The minimum atomic E-state index is -4.48. The number of amides is 1. The van der Waals surface area contributed by atoms with Crippen molar-refractivity contribution in [3.8, 4) is 0 Å². The number of alkyl halides is 3. The number of pyridine rings is 1. The molecule has 0 radical (unpaired) electrons. The van der Waals surface area contributed by atoms with Gasteiger partial charge in [0.25, 0.3) is 5.91 Å². The van der Waals surface area contributed by atoms with E-state index in [-0.39, 0.29) is 17.9 Å². The van der Waals surface area contributed by atoms with E-state index in [1.165, 1.54) is 18.3 Å². The molecule has 2 heterocycles. The third kappa shape index (κ3) is 3.38. The van der Waals surface area contributed by atoms with Crippen molar-refractivity contribution >= 4 is 23.0 Å². The quantitative estimate of drug-likeness (QED) is 0.692. The Morgan fingerprint density at radius 2 is 1.82 bits per heavy atom. The number of fused-ring (bicyclic) bond motifs is 1. The molecule has 1 aromatic heterocycles. The minimum absolute atomic E-state index is 0.0322. The average molecular weight is 381 g/mol. The van der Waals surface area contributed by atoms with Crippen molar-refractivity contribution in [2.75, 3.05) is 5.32 Å². The SMILES string of the molecule is O=C(Nc1cccnc1)c1cccc2c1N=C(c1ccccc1C(F)(F)F)C2. The highest BCUT2D eigenvalue weighted by Crippen LogP contribution is 2.37. The maximum absolute atomic E-state index is 13.4. The minimum Gasteiger partial charge on any atom is -0.321 e. The summed E-state index contributed by atoms with van der Waals surface area (Å²) in [4.78, 5) is 21.0. The number of carbonyl (C=O) groups is 1. The summed E-state index contributed by atoms with van der Waals surface area (Å²) in [5.74, 6) is -0.390. The van der Waals surface area contributed by atoms with Crippen LogP contribution in [0.2, 0.25) is 0 Å². The molecule has 3 aromatic rings. The number of nitrogens with zero attached hydrogens (tertiary/aromatic N) is 2. The van der Waals surface area contributed by atoms with Gasteiger partial charge in [-0.25, -0.2) is 0 Å². The van der Waals surface area contributed by atoms with Gasteiger partial charge in [-0.1, -0.05) is 30.3 Å². The summed E-state index contributed by atoms with van der Waals surface area (Å²) in [5, 5.41) is 2.73. The summed E-state index contributed by atoms with van der Waals surface area (Å²) in [7, 11) is 0.